The van der Waals surface area contributed by atoms with Gasteiger partial charge in [0.2, 0.25) is 0 Å². The van der Waals surface area contributed by atoms with Crippen molar-refractivity contribution in [1.82, 2.24) is 0 Å². The third-order valence-electron chi connectivity index (χ3n) is 2.42. The summed E-state index contributed by atoms with van der Waals surface area (Å²) in [5.41, 5.74) is -0.0955. The summed E-state index contributed by atoms with van der Waals surface area (Å²) in [6.45, 7) is 4.06. The minimum absolute atomic E-state index is 0.0925. The fourth-order valence-electron chi connectivity index (χ4n) is 1.66. The van der Waals surface area contributed by atoms with Crippen molar-refractivity contribution in [3.05, 3.63) is 23.5 Å². The van der Waals surface area contributed by atoms with E-state index >= 15 is 0 Å². The van der Waals surface area contributed by atoms with Crippen molar-refractivity contribution in [3.8, 4) is 11.5 Å². The van der Waals surface area contributed by atoms with Crippen LogP contribution in [0.5, 0.6) is 11.5 Å². The number of methoxy groups -OCH3 is 1. The molecule has 1 aromatic carbocycles. The molecule has 0 aliphatic rings. The lowest BCUT2D eigenvalue weighted by Gasteiger charge is -2.17. The number of aliphatic carboxylic acids is 1. The molecule has 0 aliphatic carbocycles. The van der Waals surface area contributed by atoms with Crippen LogP contribution in [-0.4, -0.2) is 31.4 Å². The van der Waals surface area contributed by atoms with E-state index in [4.69, 9.17) is 19.3 Å². The van der Waals surface area contributed by atoms with Gasteiger partial charge in [-0.15, -0.1) is 0 Å². The fourth-order valence-corrected chi connectivity index (χ4v) is 1.66. The first-order valence-corrected chi connectivity index (χ1v) is 5.90. The molecule has 0 amide bonds. The van der Waals surface area contributed by atoms with Crippen LogP contribution >= 0.6 is 0 Å². The van der Waals surface area contributed by atoms with Crippen LogP contribution in [0.3, 0.4) is 0 Å². The number of benzene rings is 1. The molecule has 0 saturated carbocycles. The quantitative estimate of drug-likeness (QED) is 0.825. The van der Waals surface area contributed by atoms with E-state index < -0.39 is 17.9 Å². The highest BCUT2D eigenvalue weighted by molar-refractivity contribution is 5.75. The van der Waals surface area contributed by atoms with Crippen molar-refractivity contribution in [2.45, 2.75) is 20.0 Å². The molecule has 0 fully saturated rings. The van der Waals surface area contributed by atoms with Crippen molar-refractivity contribution < 1.29 is 28.5 Å². The van der Waals surface area contributed by atoms with Crippen LogP contribution in [0.25, 0.3) is 0 Å². The third-order valence-corrected chi connectivity index (χ3v) is 2.42. The number of ether oxygens (including phenoxy) is 3. The molecule has 6 heteroatoms. The van der Waals surface area contributed by atoms with Crippen LogP contribution in [0.2, 0.25) is 0 Å². The molecule has 0 spiro atoms. The third kappa shape index (κ3) is 3.35. The first-order valence-electron chi connectivity index (χ1n) is 5.90. The number of carboxylic acid groups (broad SMARTS) is 1. The Hall–Kier alpha value is -1.82. The van der Waals surface area contributed by atoms with Crippen molar-refractivity contribution in [2.75, 3.05) is 20.3 Å². The van der Waals surface area contributed by atoms with Crippen LogP contribution in [0.1, 0.15) is 25.5 Å². The van der Waals surface area contributed by atoms with E-state index in [2.05, 4.69) is 0 Å². The van der Waals surface area contributed by atoms with Gasteiger partial charge in [0.25, 0.3) is 0 Å². The number of halogens is 1. The molecule has 0 aromatic heterocycles. The Morgan fingerprint density at radius 1 is 1.32 bits per heavy atom. The van der Waals surface area contributed by atoms with Crippen molar-refractivity contribution in [3.63, 3.8) is 0 Å². The molecular formula is C13H17FO5. The monoisotopic (exact) mass is 272 g/mol. The van der Waals surface area contributed by atoms with Gasteiger partial charge in [-0.05, 0) is 26.0 Å². The van der Waals surface area contributed by atoms with Crippen molar-refractivity contribution >= 4 is 5.97 Å². The maximum absolute atomic E-state index is 14.3. The van der Waals surface area contributed by atoms with E-state index in [-0.39, 0.29) is 23.7 Å². The molecule has 1 rings (SSSR count). The highest BCUT2D eigenvalue weighted by Crippen LogP contribution is 2.35. The molecule has 1 unspecified atom stereocenters. The van der Waals surface area contributed by atoms with Gasteiger partial charge in [-0.1, -0.05) is 0 Å². The van der Waals surface area contributed by atoms with E-state index in [0.717, 1.165) is 0 Å². The number of rotatable bonds is 7. The van der Waals surface area contributed by atoms with Crippen molar-refractivity contribution in [2.24, 2.45) is 0 Å². The Morgan fingerprint density at radius 2 is 1.95 bits per heavy atom. The van der Waals surface area contributed by atoms with Crippen molar-refractivity contribution in [1.29, 1.82) is 0 Å². The van der Waals surface area contributed by atoms with E-state index in [1.54, 1.807) is 13.8 Å². The van der Waals surface area contributed by atoms with Crippen LogP contribution in [0, 0.1) is 5.82 Å². The second-order valence-electron chi connectivity index (χ2n) is 3.62. The highest BCUT2D eigenvalue weighted by Gasteiger charge is 2.26. The summed E-state index contributed by atoms with van der Waals surface area (Å²) in [5, 5.41) is 8.98. The molecule has 0 bridgehead atoms. The zero-order valence-electron chi connectivity index (χ0n) is 11.1. The van der Waals surface area contributed by atoms with Gasteiger partial charge in [-0.25, -0.2) is 9.18 Å². The number of carboxylic acids is 1. The van der Waals surface area contributed by atoms with Crippen LogP contribution in [0.4, 0.5) is 4.39 Å². The summed E-state index contributed by atoms with van der Waals surface area (Å²) in [4.78, 5) is 11.0. The van der Waals surface area contributed by atoms with Crippen LogP contribution in [-0.2, 0) is 9.53 Å². The summed E-state index contributed by atoms with van der Waals surface area (Å²) in [6.07, 6.45) is -1.38. The number of carbonyl (C=O) groups is 1. The maximum atomic E-state index is 14.3. The summed E-state index contributed by atoms with van der Waals surface area (Å²) in [7, 11) is 1.20. The SMILES string of the molecule is CCOc1ccc(C(OC)C(=O)O)c(F)c1OCC. The van der Waals surface area contributed by atoms with Crippen LogP contribution in [0.15, 0.2) is 12.1 Å². The normalized spacial score (nSPS) is 12.0. The van der Waals surface area contributed by atoms with E-state index in [1.165, 1.54) is 19.2 Å². The van der Waals surface area contributed by atoms with Gasteiger partial charge in [0.05, 0.1) is 13.2 Å². The Labute approximate surface area is 110 Å². The Morgan fingerprint density at radius 3 is 2.42 bits per heavy atom. The van der Waals surface area contributed by atoms with Gasteiger partial charge < -0.3 is 19.3 Å². The molecule has 106 valence electrons. The summed E-state index contributed by atoms with van der Waals surface area (Å²) < 4.78 is 29.5. The minimum atomic E-state index is -1.38. The van der Waals surface area contributed by atoms with E-state index in [0.29, 0.717) is 6.61 Å². The molecule has 1 atom stereocenters. The minimum Gasteiger partial charge on any atom is -0.490 e. The van der Waals surface area contributed by atoms with Gasteiger partial charge in [-0.2, -0.15) is 0 Å². The van der Waals surface area contributed by atoms with Gasteiger partial charge in [-0.3, -0.25) is 0 Å². The second-order valence-corrected chi connectivity index (χ2v) is 3.62. The zero-order chi connectivity index (χ0) is 14.4. The lowest BCUT2D eigenvalue weighted by atomic mass is 10.1. The predicted octanol–water partition coefficient (Wildman–Crippen LogP) is 2.40. The predicted molar refractivity (Wildman–Crippen MR) is 66.1 cm³/mol. The molecule has 1 aromatic rings. The van der Waals surface area contributed by atoms with Gasteiger partial charge in [0, 0.05) is 12.7 Å². The Bertz CT molecular complexity index is 447. The highest BCUT2D eigenvalue weighted by atomic mass is 19.1. The summed E-state index contributed by atoms with van der Waals surface area (Å²) in [5.74, 6) is -1.90. The molecule has 1 N–H and O–H groups in total. The molecule has 5 nitrogen and oxygen atoms in total. The fraction of sp³-hybridized carbons (Fsp3) is 0.462. The average molecular weight is 272 g/mol. The average Bonchev–Trinajstić information content (AvgIpc) is 2.37. The maximum Gasteiger partial charge on any atom is 0.337 e. The number of hydrogen-bond donors (Lipinski definition) is 1. The molecule has 0 saturated heterocycles. The van der Waals surface area contributed by atoms with Crippen LogP contribution < -0.4 is 9.47 Å². The first-order chi connectivity index (χ1) is 9.06. The molecule has 0 radical (unpaired) electrons. The number of hydrogen-bond acceptors (Lipinski definition) is 4. The second kappa shape index (κ2) is 6.94. The standard InChI is InChI=1S/C13H17FO5/c1-4-18-9-7-6-8(11(17-3)13(15)16)10(14)12(9)19-5-2/h6-7,11H,4-5H2,1-3H3,(H,15,16). The molecule has 0 aliphatic heterocycles. The summed E-state index contributed by atoms with van der Waals surface area (Å²) >= 11 is 0. The van der Waals surface area contributed by atoms with Gasteiger partial charge >= 0.3 is 5.97 Å². The Balaban J connectivity index is 3.28. The largest absolute Gasteiger partial charge is 0.490 e. The zero-order valence-corrected chi connectivity index (χ0v) is 11.1. The smallest absolute Gasteiger partial charge is 0.337 e. The Kier molecular flexibility index (Phi) is 5.57. The first kappa shape index (κ1) is 15.2. The molecule has 0 heterocycles. The van der Waals surface area contributed by atoms with E-state index in [9.17, 15) is 9.18 Å². The molecule has 19 heavy (non-hydrogen) atoms. The summed E-state index contributed by atoms with van der Waals surface area (Å²) in [6, 6.07) is 2.80. The van der Waals surface area contributed by atoms with Gasteiger partial charge in [0.15, 0.2) is 23.4 Å². The lowest BCUT2D eigenvalue weighted by Crippen LogP contribution is -2.16. The topological polar surface area (TPSA) is 65.0 Å². The van der Waals surface area contributed by atoms with Gasteiger partial charge in [0.1, 0.15) is 0 Å². The lowest BCUT2D eigenvalue weighted by molar-refractivity contribution is -0.149. The van der Waals surface area contributed by atoms with E-state index in [1.807, 2.05) is 0 Å². The molecular weight excluding hydrogens is 255 g/mol.